The highest BCUT2D eigenvalue weighted by atomic mass is 16.6. The van der Waals surface area contributed by atoms with Gasteiger partial charge in [-0.1, -0.05) is 0 Å². The summed E-state index contributed by atoms with van der Waals surface area (Å²) in [5, 5.41) is 124. The van der Waals surface area contributed by atoms with E-state index in [0.29, 0.717) is 0 Å². The first-order valence-electron chi connectivity index (χ1n) is 16.7. The van der Waals surface area contributed by atoms with Gasteiger partial charge in [-0.15, -0.1) is 0 Å². The molecule has 13 N–H and O–H groups in total. The number of rotatable bonds is 37. The van der Waals surface area contributed by atoms with E-state index in [-0.39, 0.29) is 65.9 Å². The van der Waals surface area contributed by atoms with Crippen LogP contribution in [0.1, 0.15) is 0 Å². The zero-order valence-electron chi connectivity index (χ0n) is 29.0. The van der Waals surface area contributed by atoms with Gasteiger partial charge < -0.3 is 99.5 Å². The first kappa shape index (κ1) is 50.2. The molecule has 51 heavy (non-hydrogen) atoms. The Bertz CT molecular complexity index is 728. The minimum absolute atomic E-state index is 0.0363. The maximum absolute atomic E-state index is 10.1. The Labute approximate surface area is 297 Å². The first-order chi connectivity index (χ1) is 24.6. The summed E-state index contributed by atoms with van der Waals surface area (Å²) in [4.78, 5) is 1.63. The summed E-state index contributed by atoms with van der Waals surface area (Å²) in [6.45, 7) is -6.92. The topological polar surface area (TPSA) is 331 Å². The van der Waals surface area contributed by atoms with Crippen molar-refractivity contribution in [2.75, 3.05) is 132 Å². The van der Waals surface area contributed by atoms with Gasteiger partial charge in [-0.25, -0.2) is 0 Å². The van der Waals surface area contributed by atoms with Gasteiger partial charge in [-0.3, -0.25) is 4.90 Å². The van der Waals surface area contributed by atoms with E-state index in [2.05, 4.69) is 0 Å². The van der Waals surface area contributed by atoms with Crippen LogP contribution in [-0.4, -0.2) is 264 Å². The lowest BCUT2D eigenvalue weighted by atomic mass is 10.2. The molecule has 0 aromatic heterocycles. The summed E-state index contributed by atoms with van der Waals surface area (Å²) in [5.74, 6) is 0. The largest absolute Gasteiger partial charge is 0.394 e. The molecule has 308 valence electrons. The van der Waals surface area contributed by atoms with Crippen molar-refractivity contribution in [1.29, 1.82) is 0 Å². The zero-order chi connectivity index (χ0) is 38.4. The van der Waals surface area contributed by atoms with Crippen LogP contribution in [0.3, 0.4) is 0 Å². The fourth-order valence-electron chi connectivity index (χ4n) is 4.06. The predicted octanol–water partition coefficient (Wildman–Crippen LogP) is -8.01. The van der Waals surface area contributed by atoms with E-state index < -0.39 is 127 Å². The molecule has 0 radical (unpaired) electrons. The summed E-state index contributed by atoms with van der Waals surface area (Å²) in [5.41, 5.74) is 0. The lowest BCUT2D eigenvalue weighted by molar-refractivity contribution is -0.126. The fraction of sp³-hybridized carbons (Fsp3) is 1.00. The van der Waals surface area contributed by atoms with Crippen LogP contribution >= 0.6 is 0 Å². The molecule has 10 unspecified atom stereocenters. The Kier molecular flexibility index (Phi) is 32.0. The maximum atomic E-state index is 10.1. The molecule has 0 aliphatic heterocycles. The summed E-state index contributed by atoms with van der Waals surface area (Å²) in [7, 11) is 0. The van der Waals surface area contributed by atoms with E-state index in [1.807, 2.05) is 0 Å². The minimum Gasteiger partial charge on any atom is -0.394 e. The number of ether oxygens (including phenoxy) is 7. The van der Waals surface area contributed by atoms with Crippen LogP contribution in [0.5, 0.6) is 0 Å². The number of hydrogen-bond donors (Lipinski definition) is 13. The van der Waals surface area contributed by atoms with Crippen molar-refractivity contribution in [2.45, 2.75) is 61.0 Å². The summed E-state index contributed by atoms with van der Waals surface area (Å²) in [6, 6.07) is 0. The molecule has 0 aliphatic carbocycles. The molecular formula is C30H63NO20. The van der Waals surface area contributed by atoms with Gasteiger partial charge in [-0.05, 0) is 0 Å². The SMILES string of the molecule is OCC(O)COC(CO)COC(CO)COC(CO)CN(CC(CO)OCC(CO)OCC(O)CO)CC(CO)OCC(CO)OCC(O)CO. The number of aliphatic hydroxyl groups excluding tert-OH is 13. The summed E-state index contributed by atoms with van der Waals surface area (Å²) >= 11 is 0. The van der Waals surface area contributed by atoms with Crippen LogP contribution < -0.4 is 0 Å². The van der Waals surface area contributed by atoms with Crippen LogP contribution in [0.2, 0.25) is 0 Å². The van der Waals surface area contributed by atoms with Gasteiger partial charge >= 0.3 is 0 Å². The average molecular weight is 758 g/mol. The van der Waals surface area contributed by atoms with Crippen molar-refractivity contribution in [3.63, 3.8) is 0 Å². The summed E-state index contributed by atoms with van der Waals surface area (Å²) in [6.07, 6.45) is -9.84. The van der Waals surface area contributed by atoms with Gasteiger partial charge in [0.1, 0.15) is 42.7 Å². The van der Waals surface area contributed by atoms with Gasteiger partial charge in [0.15, 0.2) is 0 Å². The highest BCUT2D eigenvalue weighted by Gasteiger charge is 2.25. The summed E-state index contributed by atoms with van der Waals surface area (Å²) < 4.78 is 38.7. The van der Waals surface area contributed by atoms with Gasteiger partial charge in [0, 0.05) is 19.6 Å². The number of aliphatic hydroxyl groups is 13. The lowest BCUT2D eigenvalue weighted by Crippen LogP contribution is -2.48. The third-order valence-electron chi connectivity index (χ3n) is 7.09. The average Bonchev–Trinajstić information content (AvgIpc) is 3.16. The van der Waals surface area contributed by atoms with E-state index in [1.54, 1.807) is 4.90 Å². The molecule has 0 aliphatic rings. The van der Waals surface area contributed by atoms with Crippen LogP contribution in [0.4, 0.5) is 0 Å². The Morgan fingerprint density at radius 3 is 0.667 bits per heavy atom. The van der Waals surface area contributed by atoms with E-state index in [1.165, 1.54) is 0 Å². The van der Waals surface area contributed by atoms with E-state index in [4.69, 9.17) is 48.5 Å². The van der Waals surface area contributed by atoms with E-state index in [9.17, 15) is 51.1 Å². The molecule has 0 saturated heterocycles. The molecule has 10 atom stereocenters. The van der Waals surface area contributed by atoms with Crippen molar-refractivity contribution in [2.24, 2.45) is 0 Å². The van der Waals surface area contributed by atoms with Crippen LogP contribution in [0.25, 0.3) is 0 Å². The van der Waals surface area contributed by atoms with Crippen molar-refractivity contribution < 1.29 is 99.5 Å². The second kappa shape index (κ2) is 32.6. The quantitative estimate of drug-likeness (QED) is 0.0280. The van der Waals surface area contributed by atoms with Crippen LogP contribution in [0.15, 0.2) is 0 Å². The molecule has 0 heterocycles. The number of hydrogen-bond acceptors (Lipinski definition) is 21. The monoisotopic (exact) mass is 757 g/mol. The zero-order valence-corrected chi connectivity index (χ0v) is 29.0. The van der Waals surface area contributed by atoms with Gasteiger partial charge in [0.25, 0.3) is 0 Å². The second-order valence-corrected chi connectivity index (χ2v) is 11.7. The molecule has 0 spiro atoms. The number of nitrogens with zero attached hydrogens (tertiary/aromatic N) is 1. The Hall–Kier alpha value is -0.840. The fourth-order valence-corrected chi connectivity index (χ4v) is 4.06. The van der Waals surface area contributed by atoms with Crippen molar-refractivity contribution >= 4 is 0 Å². The van der Waals surface area contributed by atoms with E-state index in [0.717, 1.165) is 0 Å². The Balaban J connectivity index is 5.60. The maximum Gasteiger partial charge on any atom is 0.104 e. The minimum atomic E-state index is -1.17. The highest BCUT2D eigenvalue weighted by molar-refractivity contribution is 4.76. The third-order valence-corrected chi connectivity index (χ3v) is 7.09. The first-order valence-corrected chi connectivity index (χ1v) is 16.7. The normalized spacial score (nSPS) is 18.2. The molecule has 0 rings (SSSR count). The Morgan fingerprint density at radius 1 is 0.275 bits per heavy atom. The molecule has 21 heteroatoms. The smallest absolute Gasteiger partial charge is 0.104 e. The van der Waals surface area contributed by atoms with Crippen LogP contribution in [-0.2, 0) is 33.2 Å². The Morgan fingerprint density at radius 2 is 0.471 bits per heavy atom. The molecule has 0 fully saturated rings. The molecule has 21 nitrogen and oxygen atoms in total. The van der Waals surface area contributed by atoms with Crippen molar-refractivity contribution in [3.8, 4) is 0 Å². The van der Waals surface area contributed by atoms with E-state index >= 15 is 0 Å². The van der Waals surface area contributed by atoms with Crippen LogP contribution in [0, 0.1) is 0 Å². The molecular weight excluding hydrogens is 694 g/mol. The van der Waals surface area contributed by atoms with Gasteiger partial charge in [-0.2, -0.15) is 0 Å². The van der Waals surface area contributed by atoms with Gasteiger partial charge in [0.05, 0.1) is 131 Å². The van der Waals surface area contributed by atoms with Crippen molar-refractivity contribution in [3.05, 3.63) is 0 Å². The molecule has 0 aromatic rings. The highest BCUT2D eigenvalue weighted by Crippen LogP contribution is 2.09. The molecule has 0 bridgehead atoms. The molecule has 0 amide bonds. The van der Waals surface area contributed by atoms with Gasteiger partial charge in [0.2, 0.25) is 0 Å². The molecule has 0 aromatic carbocycles. The predicted molar refractivity (Wildman–Crippen MR) is 173 cm³/mol. The lowest BCUT2D eigenvalue weighted by Gasteiger charge is -2.33. The standard InChI is InChI=1S/C30H63NO20/c32-4-21(42)14-45-27(10-38)17-48-24(7-35)1-31(2-25(8-36)49-18-28(11-39)46-15-22(43)5-33)3-26(9-37)50-19-30(13-41)51-20-29(12-40)47-16-23(44)6-34/h21-30,32-44H,1-20H2. The third kappa shape index (κ3) is 25.0. The molecule has 0 saturated carbocycles. The second-order valence-electron chi connectivity index (χ2n) is 11.7. The van der Waals surface area contributed by atoms with Crippen molar-refractivity contribution in [1.82, 2.24) is 4.90 Å².